The quantitative estimate of drug-likeness (QED) is 0.755. The average Bonchev–Trinajstić information content (AvgIpc) is 2.34. The molecule has 0 aliphatic carbocycles. The summed E-state index contributed by atoms with van der Waals surface area (Å²) in [6.45, 7) is 0. The Labute approximate surface area is 95.3 Å². The van der Waals surface area contributed by atoms with Gasteiger partial charge in [0.05, 0.1) is 0 Å². The lowest BCUT2D eigenvalue weighted by Gasteiger charge is -1.93. The van der Waals surface area contributed by atoms with Crippen LogP contribution in [0.5, 0.6) is 0 Å². The highest BCUT2D eigenvalue weighted by Gasteiger charge is 1.92. The van der Waals surface area contributed by atoms with Gasteiger partial charge in [0.15, 0.2) is 0 Å². The van der Waals surface area contributed by atoms with E-state index in [1.807, 2.05) is 40.9 Å². The summed E-state index contributed by atoms with van der Waals surface area (Å²) < 4.78 is 1.94. The van der Waals surface area contributed by atoms with E-state index in [1.54, 1.807) is 0 Å². The molecule has 2 nitrogen and oxygen atoms in total. The van der Waals surface area contributed by atoms with Gasteiger partial charge < -0.3 is 10.1 Å². The lowest BCUT2D eigenvalue weighted by Crippen LogP contribution is -1.89. The molecule has 0 unspecified atom stereocenters. The van der Waals surface area contributed by atoms with E-state index in [4.69, 9.17) is 5.73 Å². The van der Waals surface area contributed by atoms with Crippen LogP contribution in [0.3, 0.4) is 0 Å². The van der Waals surface area contributed by atoms with E-state index in [1.165, 1.54) is 0 Å². The minimum absolute atomic E-state index is 0. The first-order valence-electron chi connectivity index (χ1n) is 3.19. The SMILES string of the molecule is Cl.Cl.Cl.Nc1ccc2ccccn12. The van der Waals surface area contributed by atoms with Gasteiger partial charge in [0.25, 0.3) is 0 Å². The molecular formula is C8H11Cl3N2. The van der Waals surface area contributed by atoms with Crippen LogP contribution in [-0.4, -0.2) is 4.40 Å². The molecule has 5 heteroatoms. The zero-order chi connectivity index (χ0) is 6.97. The van der Waals surface area contributed by atoms with Crippen molar-refractivity contribution < 1.29 is 0 Å². The number of nitrogen functional groups attached to an aromatic ring is 1. The van der Waals surface area contributed by atoms with Crippen molar-refractivity contribution in [3.63, 3.8) is 0 Å². The second kappa shape index (κ2) is 5.97. The third kappa shape index (κ3) is 2.69. The second-order valence-electron chi connectivity index (χ2n) is 2.25. The van der Waals surface area contributed by atoms with Gasteiger partial charge in [-0.2, -0.15) is 0 Å². The fourth-order valence-electron chi connectivity index (χ4n) is 1.08. The monoisotopic (exact) mass is 240 g/mol. The van der Waals surface area contributed by atoms with Crippen LogP contribution in [0.4, 0.5) is 5.82 Å². The molecule has 0 aromatic carbocycles. The fourth-order valence-corrected chi connectivity index (χ4v) is 1.08. The maximum atomic E-state index is 5.64. The Kier molecular flexibility index (Phi) is 6.86. The summed E-state index contributed by atoms with van der Waals surface area (Å²) in [5.41, 5.74) is 6.78. The van der Waals surface area contributed by atoms with E-state index < -0.39 is 0 Å². The van der Waals surface area contributed by atoms with Crippen LogP contribution in [-0.2, 0) is 0 Å². The maximum Gasteiger partial charge on any atom is 0.107 e. The lowest BCUT2D eigenvalue weighted by molar-refractivity contribution is 1.21. The van der Waals surface area contributed by atoms with Gasteiger partial charge in [-0.05, 0) is 24.3 Å². The van der Waals surface area contributed by atoms with Crippen LogP contribution >= 0.6 is 37.2 Å². The molecule has 0 radical (unpaired) electrons. The van der Waals surface area contributed by atoms with Gasteiger partial charge in [-0.1, -0.05) is 6.07 Å². The molecule has 0 atom stereocenters. The third-order valence-electron chi connectivity index (χ3n) is 1.59. The van der Waals surface area contributed by atoms with E-state index in [-0.39, 0.29) is 37.2 Å². The number of halogens is 3. The first kappa shape index (κ1) is 14.9. The van der Waals surface area contributed by atoms with Gasteiger partial charge in [-0.15, -0.1) is 37.2 Å². The summed E-state index contributed by atoms with van der Waals surface area (Å²) in [5, 5.41) is 0. The summed E-state index contributed by atoms with van der Waals surface area (Å²) in [7, 11) is 0. The van der Waals surface area contributed by atoms with Gasteiger partial charge in [-0.25, -0.2) is 0 Å². The third-order valence-corrected chi connectivity index (χ3v) is 1.59. The Bertz CT molecular complexity index is 359. The molecule has 0 amide bonds. The minimum atomic E-state index is 0. The molecular weight excluding hydrogens is 230 g/mol. The zero-order valence-electron chi connectivity index (χ0n) is 6.71. The second-order valence-corrected chi connectivity index (χ2v) is 2.25. The van der Waals surface area contributed by atoms with E-state index >= 15 is 0 Å². The number of aromatic nitrogens is 1. The summed E-state index contributed by atoms with van der Waals surface area (Å²) in [6.07, 6.45) is 1.95. The smallest absolute Gasteiger partial charge is 0.107 e. The molecule has 0 bridgehead atoms. The predicted octanol–water partition coefficient (Wildman–Crippen LogP) is 2.79. The topological polar surface area (TPSA) is 30.4 Å². The average molecular weight is 242 g/mol. The number of nitrogens with zero attached hydrogens (tertiary/aromatic N) is 1. The van der Waals surface area contributed by atoms with Crippen molar-refractivity contribution >= 4 is 48.6 Å². The number of anilines is 1. The maximum absolute atomic E-state index is 5.64. The number of pyridine rings is 1. The summed E-state index contributed by atoms with van der Waals surface area (Å²) in [5.74, 6) is 0.788. The fraction of sp³-hybridized carbons (Fsp3) is 0. The number of nitrogens with two attached hydrogens (primary N) is 1. The van der Waals surface area contributed by atoms with Gasteiger partial charge in [0.2, 0.25) is 0 Å². The zero-order valence-corrected chi connectivity index (χ0v) is 9.16. The molecule has 2 N–H and O–H groups in total. The highest BCUT2D eigenvalue weighted by Crippen LogP contribution is 2.09. The van der Waals surface area contributed by atoms with E-state index in [2.05, 4.69) is 0 Å². The Morgan fingerprint density at radius 3 is 2.23 bits per heavy atom. The molecule has 0 spiro atoms. The molecule has 2 aromatic heterocycles. The van der Waals surface area contributed by atoms with Crippen LogP contribution in [0.15, 0.2) is 36.5 Å². The molecule has 0 aliphatic rings. The molecule has 13 heavy (non-hydrogen) atoms. The van der Waals surface area contributed by atoms with E-state index in [9.17, 15) is 0 Å². The first-order chi connectivity index (χ1) is 4.88. The van der Waals surface area contributed by atoms with Crippen molar-refractivity contribution in [2.45, 2.75) is 0 Å². The molecule has 0 fully saturated rings. The van der Waals surface area contributed by atoms with Gasteiger partial charge >= 0.3 is 0 Å². The largest absolute Gasteiger partial charge is 0.385 e. The van der Waals surface area contributed by atoms with Crippen molar-refractivity contribution in [1.29, 1.82) is 0 Å². The highest BCUT2D eigenvalue weighted by molar-refractivity contribution is 5.86. The molecule has 2 rings (SSSR count). The normalized spacial score (nSPS) is 8.00. The van der Waals surface area contributed by atoms with Crippen LogP contribution in [0.2, 0.25) is 0 Å². The molecule has 2 heterocycles. The first-order valence-corrected chi connectivity index (χ1v) is 3.19. The lowest BCUT2D eigenvalue weighted by atomic mass is 10.4. The van der Waals surface area contributed by atoms with E-state index in [0.29, 0.717) is 0 Å². The summed E-state index contributed by atoms with van der Waals surface area (Å²) in [4.78, 5) is 0. The van der Waals surface area contributed by atoms with Crippen molar-refractivity contribution in [2.75, 3.05) is 5.73 Å². The Morgan fingerprint density at radius 2 is 1.62 bits per heavy atom. The van der Waals surface area contributed by atoms with Gasteiger partial charge in [0, 0.05) is 11.7 Å². The number of hydrogen-bond donors (Lipinski definition) is 1. The standard InChI is InChI=1S/C8H8N2.3ClH/c9-8-5-4-7-3-1-2-6-10(7)8;;;/h1-6H,9H2;3*1H. The molecule has 2 aromatic rings. The molecule has 0 saturated heterocycles. The van der Waals surface area contributed by atoms with Crippen LogP contribution in [0.25, 0.3) is 5.52 Å². The van der Waals surface area contributed by atoms with Crippen molar-refractivity contribution in [3.05, 3.63) is 36.5 Å². The minimum Gasteiger partial charge on any atom is -0.385 e. The summed E-state index contributed by atoms with van der Waals surface area (Å²) >= 11 is 0. The predicted molar refractivity (Wildman–Crippen MR) is 63.6 cm³/mol. The van der Waals surface area contributed by atoms with Gasteiger partial charge in [0.1, 0.15) is 5.82 Å². The Balaban J connectivity index is 0. The van der Waals surface area contributed by atoms with Crippen molar-refractivity contribution in [3.8, 4) is 0 Å². The van der Waals surface area contributed by atoms with Crippen LogP contribution in [0, 0.1) is 0 Å². The molecule has 0 aliphatic heterocycles. The Morgan fingerprint density at radius 1 is 0.923 bits per heavy atom. The summed E-state index contributed by atoms with van der Waals surface area (Å²) in [6, 6.07) is 9.87. The van der Waals surface area contributed by atoms with E-state index in [0.717, 1.165) is 11.3 Å². The molecule has 74 valence electrons. The Hall–Kier alpha value is -0.570. The highest BCUT2D eigenvalue weighted by atomic mass is 35.5. The molecule has 0 saturated carbocycles. The number of rotatable bonds is 0. The van der Waals surface area contributed by atoms with Crippen LogP contribution in [0.1, 0.15) is 0 Å². The van der Waals surface area contributed by atoms with Crippen LogP contribution < -0.4 is 5.73 Å². The van der Waals surface area contributed by atoms with Crippen molar-refractivity contribution in [1.82, 2.24) is 4.40 Å². The van der Waals surface area contributed by atoms with Crippen molar-refractivity contribution in [2.24, 2.45) is 0 Å². The number of fused-ring (bicyclic) bond motifs is 1. The van der Waals surface area contributed by atoms with Gasteiger partial charge in [-0.3, -0.25) is 0 Å². The number of hydrogen-bond acceptors (Lipinski definition) is 1.